The van der Waals surface area contributed by atoms with Gasteiger partial charge in [-0.15, -0.1) is 0 Å². The summed E-state index contributed by atoms with van der Waals surface area (Å²) >= 11 is 2.48. The van der Waals surface area contributed by atoms with Crippen molar-refractivity contribution >= 4 is 22.7 Å². The van der Waals surface area contributed by atoms with Crippen LogP contribution < -0.4 is 4.06 Å². The summed E-state index contributed by atoms with van der Waals surface area (Å²) in [4.78, 5) is 10.1. The van der Waals surface area contributed by atoms with E-state index < -0.39 is 0 Å². The Bertz CT molecular complexity index is 147. The smallest absolute Gasteiger partial charge is 0.265 e. The minimum Gasteiger partial charge on any atom is -0.265 e. The van der Waals surface area contributed by atoms with Gasteiger partial charge in [-0.3, -0.25) is 4.79 Å². The normalized spacial score (nSPS) is 8.67. The first kappa shape index (κ1) is 4.02. The van der Waals surface area contributed by atoms with Crippen LogP contribution in [0.5, 0.6) is 0 Å². The van der Waals surface area contributed by atoms with Gasteiger partial charge in [0.25, 0.3) is 4.06 Å². The molecule has 0 radical (unpaired) electrons. The quantitative estimate of drug-likeness (QED) is 0.499. The van der Waals surface area contributed by atoms with E-state index in [1.807, 2.05) is 0 Å². The Balaban J connectivity index is 3.41. The summed E-state index contributed by atoms with van der Waals surface area (Å²) in [5.41, 5.74) is 0. The zero-order chi connectivity index (χ0) is 4.41. The second-order valence-corrected chi connectivity index (χ2v) is 2.77. The molecule has 0 N–H and O–H groups in total. The zero-order valence-corrected chi connectivity index (χ0v) is 4.51. The van der Waals surface area contributed by atoms with Crippen molar-refractivity contribution < 1.29 is 0 Å². The Morgan fingerprint density at radius 1 is 1.33 bits per heavy atom. The molecule has 32 valence electrons. The fraction of sp³-hybridized carbons (Fsp3) is 0. The lowest BCUT2D eigenvalue weighted by molar-refractivity contribution is 2.25. The summed E-state index contributed by atoms with van der Waals surface area (Å²) in [6, 6.07) is 0. The van der Waals surface area contributed by atoms with E-state index in [0.29, 0.717) is 0 Å². The van der Waals surface area contributed by atoms with Crippen LogP contribution in [0.3, 0.4) is 0 Å². The molecule has 3 heteroatoms. The highest BCUT2D eigenvalue weighted by Crippen LogP contribution is 1.90. The molecule has 0 fully saturated rings. The highest BCUT2D eigenvalue weighted by atomic mass is 32.2. The molecule has 0 atom stereocenters. The number of hydrogen-bond donors (Lipinski definition) is 0. The van der Waals surface area contributed by atoms with Gasteiger partial charge in [0.05, 0.1) is 0 Å². The number of hydrogen-bond acceptors (Lipinski definition) is 3. The second kappa shape index (κ2) is 1.53. The lowest BCUT2D eigenvalue weighted by atomic mass is 11.2. The third-order valence-corrected chi connectivity index (χ3v) is 2.06. The molecular weight excluding hydrogens is 116 g/mol. The van der Waals surface area contributed by atoms with Crippen LogP contribution in [0.1, 0.15) is 0 Å². The highest BCUT2D eigenvalue weighted by molar-refractivity contribution is 7.24. The van der Waals surface area contributed by atoms with Crippen LogP contribution in [0, 0.1) is 0 Å². The third-order valence-electron chi connectivity index (χ3n) is 0.384. The molecule has 0 unspecified atom stereocenters. The summed E-state index contributed by atoms with van der Waals surface area (Å²) < 4.78 is 0.176. The van der Waals surface area contributed by atoms with E-state index >= 15 is 0 Å². The van der Waals surface area contributed by atoms with Crippen molar-refractivity contribution in [2.24, 2.45) is 0 Å². The SMILES string of the molecule is O=c1sccs1. The van der Waals surface area contributed by atoms with E-state index in [0.717, 1.165) is 0 Å². The molecular formula is C3H2OS2. The Kier molecular flexibility index (Phi) is 1.03. The highest BCUT2D eigenvalue weighted by Gasteiger charge is 1.74. The standard InChI is InChI=1S/C3H2OS2/c4-3-5-1-2-6-3/h1-2H. The van der Waals surface area contributed by atoms with Crippen LogP contribution in [0.15, 0.2) is 15.6 Å². The average molecular weight is 118 g/mol. The molecule has 1 aromatic heterocycles. The van der Waals surface area contributed by atoms with Gasteiger partial charge < -0.3 is 0 Å². The van der Waals surface area contributed by atoms with Gasteiger partial charge >= 0.3 is 0 Å². The first-order valence-corrected chi connectivity index (χ1v) is 3.18. The first-order chi connectivity index (χ1) is 2.89. The van der Waals surface area contributed by atoms with E-state index in [1.165, 1.54) is 22.7 Å². The van der Waals surface area contributed by atoms with Crippen LogP contribution in [-0.2, 0) is 0 Å². The second-order valence-electron chi connectivity index (χ2n) is 0.758. The molecule has 0 aliphatic heterocycles. The molecule has 0 aliphatic carbocycles. The molecule has 0 bridgehead atoms. The maximum atomic E-state index is 10.1. The summed E-state index contributed by atoms with van der Waals surface area (Å²) in [6.45, 7) is 0. The molecule has 1 nitrogen and oxygen atoms in total. The van der Waals surface area contributed by atoms with E-state index in [4.69, 9.17) is 0 Å². The van der Waals surface area contributed by atoms with Gasteiger partial charge in [-0.25, -0.2) is 0 Å². The predicted octanol–water partition coefficient (Wildman–Crippen LogP) is 1.17. The average Bonchev–Trinajstić information content (AvgIpc) is 1.86. The summed E-state index contributed by atoms with van der Waals surface area (Å²) in [5, 5.41) is 3.57. The molecule has 1 heterocycles. The third kappa shape index (κ3) is 0.666. The molecule has 0 saturated heterocycles. The Morgan fingerprint density at radius 2 is 1.83 bits per heavy atom. The molecule has 0 aliphatic rings. The van der Waals surface area contributed by atoms with Crippen molar-refractivity contribution in [1.29, 1.82) is 0 Å². The van der Waals surface area contributed by atoms with Crippen molar-refractivity contribution in [3.8, 4) is 0 Å². The molecule has 1 aromatic rings. The Morgan fingerprint density at radius 3 is 2.00 bits per heavy atom. The Hall–Kier alpha value is -0.150. The van der Waals surface area contributed by atoms with Gasteiger partial charge in [-0.1, -0.05) is 22.7 Å². The molecule has 6 heavy (non-hydrogen) atoms. The van der Waals surface area contributed by atoms with Gasteiger partial charge in [-0.05, 0) is 0 Å². The Labute approximate surface area is 42.9 Å². The fourth-order valence-corrected chi connectivity index (χ4v) is 1.42. The molecule has 0 aromatic carbocycles. The minimum atomic E-state index is 0.176. The first-order valence-electron chi connectivity index (χ1n) is 1.42. The van der Waals surface area contributed by atoms with Crippen LogP contribution in [0.2, 0.25) is 0 Å². The summed E-state index contributed by atoms with van der Waals surface area (Å²) in [6.07, 6.45) is 0. The van der Waals surface area contributed by atoms with Crippen molar-refractivity contribution in [3.05, 3.63) is 19.6 Å². The van der Waals surface area contributed by atoms with Crippen molar-refractivity contribution in [2.75, 3.05) is 0 Å². The topological polar surface area (TPSA) is 17.1 Å². The van der Waals surface area contributed by atoms with Crippen molar-refractivity contribution in [3.63, 3.8) is 0 Å². The molecule has 0 spiro atoms. The zero-order valence-electron chi connectivity index (χ0n) is 2.88. The van der Waals surface area contributed by atoms with E-state index in [1.54, 1.807) is 10.8 Å². The lowest BCUT2D eigenvalue weighted by Crippen LogP contribution is -1.72. The fourth-order valence-electron chi connectivity index (χ4n) is 0.194. The van der Waals surface area contributed by atoms with Gasteiger partial charge in [0.15, 0.2) is 0 Å². The minimum absolute atomic E-state index is 0.176. The van der Waals surface area contributed by atoms with E-state index in [9.17, 15) is 4.79 Å². The maximum absolute atomic E-state index is 10.1. The van der Waals surface area contributed by atoms with Crippen LogP contribution in [0.25, 0.3) is 0 Å². The van der Waals surface area contributed by atoms with E-state index in [2.05, 4.69) is 0 Å². The summed E-state index contributed by atoms with van der Waals surface area (Å²) in [7, 11) is 0. The van der Waals surface area contributed by atoms with Crippen LogP contribution in [0.4, 0.5) is 0 Å². The molecule has 0 saturated carbocycles. The molecule has 1 rings (SSSR count). The summed E-state index contributed by atoms with van der Waals surface area (Å²) in [5.74, 6) is 0. The largest absolute Gasteiger partial charge is 0.287 e. The number of rotatable bonds is 0. The van der Waals surface area contributed by atoms with Gasteiger partial charge in [0, 0.05) is 10.8 Å². The van der Waals surface area contributed by atoms with Gasteiger partial charge in [0.2, 0.25) is 0 Å². The van der Waals surface area contributed by atoms with Crippen molar-refractivity contribution in [2.45, 2.75) is 0 Å². The van der Waals surface area contributed by atoms with Crippen molar-refractivity contribution in [1.82, 2.24) is 0 Å². The van der Waals surface area contributed by atoms with Gasteiger partial charge in [0.1, 0.15) is 0 Å². The van der Waals surface area contributed by atoms with Crippen LogP contribution >= 0.6 is 22.7 Å². The maximum Gasteiger partial charge on any atom is 0.287 e. The van der Waals surface area contributed by atoms with E-state index in [-0.39, 0.29) is 4.06 Å². The molecule has 0 amide bonds. The monoisotopic (exact) mass is 118 g/mol. The predicted molar refractivity (Wildman–Crippen MR) is 28.5 cm³/mol. The van der Waals surface area contributed by atoms with Crippen LogP contribution in [-0.4, -0.2) is 0 Å². The van der Waals surface area contributed by atoms with Gasteiger partial charge in [-0.2, -0.15) is 0 Å². The lowest BCUT2D eigenvalue weighted by Gasteiger charge is -1.43.